The number of amides is 2. The maximum absolute atomic E-state index is 12.6. The van der Waals surface area contributed by atoms with E-state index in [2.05, 4.69) is 20.8 Å². The number of hydrogen-bond donors (Lipinski definition) is 2. The van der Waals surface area contributed by atoms with Gasteiger partial charge in [-0.05, 0) is 68.8 Å². The van der Waals surface area contributed by atoms with Gasteiger partial charge in [-0.3, -0.25) is 9.59 Å². The Bertz CT molecular complexity index is 1130. The molecule has 3 rings (SSSR count). The fourth-order valence-corrected chi connectivity index (χ4v) is 4.23. The summed E-state index contributed by atoms with van der Waals surface area (Å²) in [6, 6.07) is 11.8. The number of carbonyl (C=O) groups excluding carboxylic acids is 2. The minimum atomic E-state index is -0.369. The normalized spacial score (nSPS) is 11.7. The molecule has 0 aliphatic rings. The van der Waals surface area contributed by atoms with Crippen molar-refractivity contribution in [3.05, 3.63) is 64.4 Å². The zero-order valence-corrected chi connectivity index (χ0v) is 20.5. The van der Waals surface area contributed by atoms with Crippen LogP contribution >= 0.6 is 23.4 Å². The van der Waals surface area contributed by atoms with E-state index in [1.165, 1.54) is 11.8 Å². The van der Waals surface area contributed by atoms with Gasteiger partial charge < -0.3 is 19.9 Å². The first-order chi connectivity index (χ1) is 15.8. The van der Waals surface area contributed by atoms with Gasteiger partial charge in [0, 0.05) is 22.8 Å². The summed E-state index contributed by atoms with van der Waals surface area (Å²) in [6.45, 7) is 6.30. The first-order valence-electron chi connectivity index (χ1n) is 10.4. The van der Waals surface area contributed by atoms with E-state index in [0.29, 0.717) is 33.9 Å². The number of anilines is 1. The van der Waals surface area contributed by atoms with Gasteiger partial charge in [0.25, 0.3) is 5.91 Å². The highest BCUT2D eigenvalue weighted by molar-refractivity contribution is 7.99. The van der Waals surface area contributed by atoms with Gasteiger partial charge in [0.15, 0.2) is 11.0 Å². The highest BCUT2D eigenvalue weighted by atomic mass is 35.5. The lowest BCUT2D eigenvalue weighted by atomic mass is 10.2. The highest BCUT2D eigenvalue weighted by Crippen LogP contribution is 2.23. The molecule has 10 heteroatoms. The van der Waals surface area contributed by atoms with Crippen LogP contribution in [0.4, 0.5) is 5.69 Å². The fraction of sp³-hybridized carbons (Fsp3) is 0.304. The lowest BCUT2D eigenvalue weighted by molar-refractivity contribution is -0.113. The van der Waals surface area contributed by atoms with Crippen LogP contribution < -0.4 is 15.4 Å². The van der Waals surface area contributed by atoms with Crippen molar-refractivity contribution in [3.63, 3.8) is 0 Å². The Morgan fingerprint density at radius 3 is 2.55 bits per heavy atom. The monoisotopic (exact) mass is 487 g/mol. The molecule has 2 N–H and O–H groups in total. The van der Waals surface area contributed by atoms with Crippen molar-refractivity contribution in [2.45, 2.75) is 38.5 Å². The molecule has 0 aliphatic carbocycles. The lowest BCUT2D eigenvalue weighted by Crippen LogP contribution is -2.28. The van der Waals surface area contributed by atoms with Crippen LogP contribution in [0.1, 0.15) is 41.6 Å². The summed E-state index contributed by atoms with van der Waals surface area (Å²) in [5, 5.41) is 15.6. The Kier molecular flexibility index (Phi) is 8.35. The molecule has 0 spiro atoms. The molecule has 0 saturated carbocycles. The summed E-state index contributed by atoms with van der Waals surface area (Å²) in [6.07, 6.45) is 0. The van der Waals surface area contributed by atoms with Gasteiger partial charge in [0.05, 0.1) is 18.9 Å². The molecule has 0 fully saturated rings. The van der Waals surface area contributed by atoms with Crippen LogP contribution in [0.15, 0.2) is 47.6 Å². The molecule has 2 aromatic carbocycles. The number of halogens is 1. The Balaban J connectivity index is 1.62. The van der Waals surface area contributed by atoms with Crippen molar-refractivity contribution >= 4 is 40.9 Å². The van der Waals surface area contributed by atoms with Crippen LogP contribution in [0.5, 0.6) is 5.75 Å². The van der Waals surface area contributed by atoms with Gasteiger partial charge in [-0.2, -0.15) is 0 Å². The molecule has 174 valence electrons. The van der Waals surface area contributed by atoms with Crippen molar-refractivity contribution < 1.29 is 14.3 Å². The first kappa shape index (κ1) is 24.6. The number of hydrogen-bond acceptors (Lipinski definition) is 6. The molecular formula is C23H26ClN5O3S. The second kappa shape index (κ2) is 11.2. The molecule has 1 aromatic heterocycles. The summed E-state index contributed by atoms with van der Waals surface area (Å²) in [5.74, 6) is 1.10. The molecular weight excluding hydrogens is 462 g/mol. The average molecular weight is 488 g/mol. The summed E-state index contributed by atoms with van der Waals surface area (Å²) >= 11 is 7.26. The van der Waals surface area contributed by atoms with E-state index in [0.717, 1.165) is 11.3 Å². The van der Waals surface area contributed by atoms with Gasteiger partial charge >= 0.3 is 0 Å². The van der Waals surface area contributed by atoms with Gasteiger partial charge in [-0.25, -0.2) is 0 Å². The fourth-order valence-electron chi connectivity index (χ4n) is 3.20. The Hall–Kier alpha value is -3.04. The number of nitrogens with one attached hydrogen (secondary N) is 2. The lowest BCUT2D eigenvalue weighted by Gasteiger charge is -2.15. The number of carbonyl (C=O) groups is 2. The van der Waals surface area contributed by atoms with Gasteiger partial charge in [0.1, 0.15) is 5.75 Å². The Morgan fingerprint density at radius 2 is 1.91 bits per heavy atom. The molecule has 0 aliphatic heterocycles. The van der Waals surface area contributed by atoms with Crippen LogP contribution in [0, 0.1) is 6.92 Å². The van der Waals surface area contributed by atoms with E-state index in [4.69, 9.17) is 16.3 Å². The third-order valence-corrected chi connectivity index (χ3v) is 6.15. The molecule has 33 heavy (non-hydrogen) atoms. The maximum Gasteiger partial charge on any atom is 0.251 e. The largest absolute Gasteiger partial charge is 0.497 e. The maximum atomic E-state index is 12.6. The van der Waals surface area contributed by atoms with Crippen molar-refractivity contribution in [2.24, 2.45) is 0 Å². The summed E-state index contributed by atoms with van der Waals surface area (Å²) in [5.41, 5.74) is 2.13. The Labute approximate surface area is 202 Å². The zero-order valence-electron chi connectivity index (χ0n) is 18.9. The molecule has 0 saturated heterocycles. The number of benzene rings is 2. The number of aromatic nitrogens is 3. The smallest absolute Gasteiger partial charge is 0.251 e. The van der Waals surface area contributed by atoms with Crippen molar-refractivity contribution in [1.82, 2.24) is 20.1 Å². The second-order valence-electron chi connectivity index (χ2n) is 7.30. The topological polar surface area (TPSA) is 98.1 Å². The summed E-state index contributed by atoms with van der Waals surface area (Å²) < 4.78 is 7.02. The van der Waals surface area contributed by atoms with E-state index in [-0.39, 0.29) is 23.6 Å². The molecule has 1 unspecified atom stereocenters. The molecule has 8 nitrogen and oxygen atoms in total. The highest BCUT2D eigenvalue weighted by Gasteiger charge is 2.20. The first-order valence-corrected chi connectivity index (χ1v) is 11.8. The third-order valence-electron chi connectivity index (χ3n) is 4.94. The van der Waals surface area contributed by atoms with E-state index in [1.54, 1.807) is 49.6 Å². The van der Waals surface area contributed by atoms with E-state index < -0.39 is 0 Å². The van der Waals surface area contributed by atoms with Gasteiger partial charge in [-0.1, -0.05) is 23.4 Å². The number of ether oxygens (including phenoxy) is 1. The summed E-state index contributed by atoms with van der Waals surface area (Å²) in [4.78, 5) is 25.0. The van der Waals surface area contributed by atoms with Crippen LogP contribution in [-0.2, 0) is 11.3 Å². The predicted molar refractivity (Wildman–Crippen MR) is 130 cm³/mol. The van der Waals surface area contributed by atoms with Gasteiger partial charge in [0.2, 0.25) is 5.91 Å². The number of methoxy groups -OCH3 is 1. The number of rotatable bonds is 9. The molecule has 1 atom stereocenters. The average Bonchev–Trinajstić information content (AvgIpc) is 3.22. The number of nitrogens with zero attached hydrogens (tertiary/aromatic N) is 3. The van der Waals surface area contributed by atoms with Crippen LogP contribution in [0.3, 0.4) is 0 Å². The molecule has 0 bridgehead atoms. The van der Waals surface area contributed by atoms with Crippen LogP contribution in [0.2, 0.25) is 5.02 Å². The molecule has 1 heterocycles. The molecule has 2 amide bonds. The van der Waals surface area contributed by atoms with Crippen molar-refractivity contribution in [1.29, 1.82) is 0 Å². The molecule has 3 aromatic rings. The minimum Gasteiger partial charge on any atom is -0.497 e. The van der Waals surface area contributed by atoms with Crippen molar-refractivity contribution in [2.75, 3.05) is 18.2 Å². The standard InChI is InChI=1S/C23H26ClN5O3S/c1-5-29-21(15(3)25-22(31)16-6-9-18(32-4)10-7-16)27-28-23(29)33-13-20(30)26-19-11-8-17(24)12-14(19)2/h6-12,15H,5,13H2,1-4H3,(H,25,31)(H,26,30). The minimum absolute atomic E-state index is 0.154. The number of thioether (sulfide) groups is 1. The van der Waals surface area contributed by atoms with Gasteiger partial charge in [-0.15, -0.1) is 10.2 Å². The SMILES string of the molecule is CCn1c(SCC(=O)Nc2ccc(Cl)cc2C)nnc1C(C)NC(=O)c1ccc(OC)cc1. The quantitative estimate of drug-likeness (QED) is 0.431. The van der Waals surface area contributed by atoms with E-state index in [9.17, 15) is 9.59 Å². The second-order valence-corrected chi connectivity index (χ2v) is 8.68. The van der Waals surface area contributed by atoms with Crippen LogP contribution in [-0.4, -0.2) is 39.4 Å². The third kappa shape index (κ3) is 6.27. The number of aryl methyl sites for hydroxylation is 1. The zero-order chi connectivity index (χ0) is 24.0. The van der Waals surface area contributed by atoms with E-state index in [1.807, 2.05) is 25.3 Å². The molecule has 0 radical (unpaired) electrons. The van der Waals surface area contributed by atoms with Crippen molar-refractivity contribution in [3.8, 4) is 5.75 Å². The van der Waals surface area contributed by atoms with E-state index >= 15 is 0 Å². The predicted octanol–water partition coefficient (Wildman–Crippen LogP) is 4.49. The Morgan fingerprint density at radius 1 is 1.18 bits per heavy atom. The summed E-state index contributed by atoms with van der Waals surface area (Å²) in [7, 11) is 1.58. The van der Waals surface area contributed by atoms with Crippen LogP contribution in [0.25, 0.3) is 0 Å².